The van der Waals surface area contributed by atoms with Gasteiger partial charge in [0.25, 0.3) is 5.91 Å². The molecule has 1 amide bonds. The minimum Gasteiger partial charge on any atom is -0.384 e. The fraction of sp³-hybridized carbons (Fsp3) is 0.533. The van der Waals surface area contributed by atoms with Gasteiger partial charge in [0, 0.05) is 11.9 Å². The van der Waals surface area contributed by atoms with E-state index in [0.717, 1.165) is 24.1 Å². The number of morpholine rings is 1. The third-order valence-corrected chi connectivity index (χ3v) is 4.73. The summed E-state index contributed by atoms with van der Waals surface area (Å²) in [5, 5.41) is 10.5. The first-order chi connectivity index (χ1) is 9.79. The van der Waals surface area contributed by atoms with Crippen LogP contribution in [0.2, 0.25) is 0 Å². The maximum atomic E-state index is 12.6. The van der Waals surface area contributed by atoms with Crippen LogP contribution in [0.15, 0.2) is 11.4 Å². The van der Waals surface area contributed by atoms with Crippen molar-refractivity contribution < 1.29 is 14.6 Å². The summed E-state index contributed by atoms with van der Waals surface area (Å²) >= 11 is 1.44. The Bertz CT molecular complexity index is 557. The second-order valence-electron chi connectivity index (χ2n) is 5.07. The van der Waals surface area contributed by atoms with Crippen LogP contribution in [0.1, 0.15) is 34.5 Å². The SMILES string of the molecule is O=C(c1csc(C#CCO)c1)N1CCOC2CCCC21. The van der Waals surface area contributed by atoms with E-state index in [1.54, 1.807) is 0 Å². The van der Waals surface area contributed by atoms with Gasteiger partial charge in [0.2, 0.25) is 0 Å². The van der Waals surface area contributed by atoms with E-state index in [1.165, 1.54) is 11.3 Å². The van der Waals surface area contributed by atoms with Crippen LogP contribution in [-0.4, -0.2) is 47.8 Å². The molecule has 5 heteroatoms. The summed E-state index contributed by atoms with van der Waals surface area (Å²) in [6.07, 6.45) is 3.46. The highest BCUT2D eigenvalue weighted by molar-refractivity contribution is 7.10. The molecule has 2 aliphatic rings. The summed E-state index contributed by atoms with van der Waals surface area (Å²) in [4.78, 5) is 15.4. The molecule has 2 heterocycles. The molecule has 4 nitrogen and oxygen atoms in total. The van der Waals surface area contributed by atoms with Crippen molar-refractivity contribution in [1.82, 2.24) is 4.90 Å². The predicted molar refractivity (Wildman–Crippen MR) is 76.7 cm³/mol. The highest BCUT2D eigenvalue weighted by Gasteiger charge is 2.38. The molecule has 2 unspecified atom stereocenters. The summed E-state index contributed by atoms with van der Waals surface area (Å²) in [5.41, 5.74) is 0.699. The van der Waals surface area contributed by atoms with E-state index in [2.05, 4.69) is 11.8 Å². The second-order valence-corrected chi connectivity index (χ2v) is 5.98. The Morgan fingerprint density at radius 1 is 1.55 bits per heavy atom. The first-order valence-corrected chi connectivity index (χ1v) is 7.78. The van der Waals surface area contributed by atoms with Gasteiger partial charge in [-0.25, -0.2) is 0 Å². The largest absolute Gasteiger partial charge is 0.384 e. The summed E-state index contributed by atoms with van der Waals surface area (Å²) in [5.74, 6) is 5.53. The summed E-state index contributed by atoms with van der Waals surface area (Å²) in [7, 11) is 0. The molecule has 2 atom stereocenters. The highest BCUT2D eigenvalue weighted by Crippen LogP contribution is 2.31. The monoisotopic (exact) mass is 291 g/mol. The lowest BCUT2D eigenvalue weighted by atomic mass is 10.1. The maximum absolute atomic E-state index is 12.6. The molecule has 1 aliphatic carbocycles. The van der Waals surface area contributed by atoms with Gasteiger partial charge in [-0.1, -0.05) is 11.8 Å². The molecule has 106 valence electrons. The van der Waals surface area contributed by atoms with E-state index in [4.69, 9.17) is 9.84 Å². The van der Waals surface area contributed by atoms with Gasteiger partial charge in [-0.15, -0.1) is 11.3 Å². The van der Waals surface area contributed by atoms with E-state index >= 15 is 0 Å². The summed E-state index contributed by atoms with van der Waals surface area (Å²) in [6.45, 7) is 1.15. The number of rotatable bonds is 1. The Balaban J connectivity index is 1.76. The first-order valence-electron chi connectivity index (χ1n) is 6.90. The molecule has 1 aromatic rings. The number of aliphatic hydroxyl groups excluding tert-OH is 1. The van der Waals surface area contributed by atoms with Crippen LogP contribution in [0.3, 0.4) is 0 Å². The van der Waals surface area contributed by atoms with Crippen LogP contribution in [0.4, 0.5) is 0 Å². The Hall–Kier alpha value is -1.35. The van der Waals surface area contributed by atoms with E-state index < -0.39 is 0 Å². The third kappa shape index (κ3) is 2.59. The first kappa shape index (κ1) is 13.6. The normalized spacial score (nSPS) is 24.9. The van der Waals surface area contributed by atoms with Crippen molar-refractivity contribution in [3.63, 3.8) is 0 Å². The van der Waals surface area contributed by atoms with Crippen LogP contribution in [0.25, 0.3) is 0 Å². The summed E-state index contributed by atoms with van der Waals surface area (Å²) in [6, 6.07) is 2.05. The van der Waals surface area contributed by atoms with Crippen LogP contribution in [0.5, 0.6) is 0 Å². The van der Waals surface area contributed by atoms with Crippen molar-refractivity contribution in [2.75, 3.05) is 19.8 Å². The lowest BCUT2D eigenvalue weighted by Crippen LogP contribution is -2.51. The minimum absolute atomic E-state index is 0.0819. The van der Waals surface area contributed by atoms with Crippen molar-refractivity contribution in [3.05, 3.63) is 21.9 Å². The van der Waals surface area contributed by atoms with E-state index in [9.17, 15) is 4.79 Å². The van der Waals surface area contributed by atoms with Crippen LogP contribution in [-0.2, 0) is 4.74 Å². The summed E-state index contributed by atoms with van der Waals surface area (Å²) < 4.78 is 5.74. The predicted octanol–water partition coefficient (Wildman–Crippen LogP) is 1.49. The fourth-order valence-corrected chi connectivity index (χ4v) is 3.73. The average Bonchev–Trinajstić information content (AvgIpc) is 3.12. The number of nitrogens with zero attached hydrogens (tertiary/aromatic N) is 1. The molecule has 0 aromatic carbocycles. The number of amides is 1. The molecule has 20 heavy (non-hydrogen) atoms. The van der Waals surface area contributed by atoms with E-state index in [0.29, 0.717) is 18.7 Å². The van der Waals surface area contributed by atoms with Gasteiger partial charge in [-0.2, -0.15) is 0 Å². The molecule has 1 aromatic heterocycles. The highest BCUT2D eigenvalue weighted by atomic mass is 32.1. The van der Waals surface area contributed by atoms with Crippen LogP contribution >= 0.6 is 11.3 Å². The Labute approximate surface area is 122 Å². The molecule has 3 rings (SSSR count). The molecule has 1 aliphatic heterocycles. The fourth-order valence-electron chi connectivity index (χ4n) is 2.98. The van der Waals surface area contributed by atoms with Gasteiger partial charge >= 0.3 is 0 Å². The van der Waals surface area contributed by atoms with Gasteiger partial charge in [0.1, 0.15) is 6.61 Å². The third-order valence-electron chi connectivity index (χ3n) is 3.88. The molecule has 2 fully saturated rings. The van der Waals surface area contributed by atoms with Crippen molar-refractivity contribution in [3.8, 4) is 11.8 Å². The molecule has 0 spiro atoms. The Kier molecular flexibility index (Phi) is 4.06. The van der Waals surface area contributed by atoms with Crippen LogP contribution < -0.4 is 0 Å². The number of carbonyl (C=O) groups excluding carboxylic acids is 1. The molecule has 1 N–H and O–H groups in total. The molecular formula is C15H17NO3S. The number of thiophene rings is 1. The minimum atomic E-state index is -0.158. The van der Waals surface area contributed by atoms with Gasteiger partial charge in [0.05, 0.1) is 29.2 Å². The Morgan fingerprint density at radius 2 is 2.45 bits per heavy atom. The van der Waals surface area contributed by atoms with Gasteiger partial charge in [0.15, 0.2) is 0 Å². The number of aliphatic hydroxyl groups is 1. The van der Waals surface area contributed by atoms with Crippen LogP contribution in [0, 0.1) is 11.8 Å². The maximum Gasteiger partial charge on any atom is 0.255 e. The van der Waals surface area contributed by atoms with E-state index in [1.807, 2.05) is 16.3 Å². The molecule has 1 saturated carbocycles. The second kappa shape index (κ2) is 5.96. The van der Waals surface area contributed by atoms with Crippen molar-refractivity contribution in [2.45, 2.75) is 31.4 Å². The molecule has 1 saturated heterocycles. The number of ether oxygens (including phenoxy) is 1. The topological polar surface area (TPSA) is 49.8 Å². The molecular weight excluding hydrogens is 274 g/mol. The standard InChI is InChI=1S/C15H17NO3S/c17-7-2-3-12-9-11(10-20-12)15(18)16-6-8-19-14-5-1-4-13(14)16/h9-10,13-14,17H,1,4-8H2. The van der Waals surface area contributed by atoms with Crippen molar-refractivity contribution >= 4 is 17.2 Å². The van der Waals surface area contributed by atoms with Crippen molar-refractivity contribution in [1.29, 1.82) is 0 Å². The quantitative estimate of drug-likeness (QED) is 0.798. The number of fused-ring (bicyclic) bond motifs is 1. The van der Waals surface area contributed by atoms with E-state index in [-0.39, 0.29) is 24.7 Å². The Morgan fingerprint density at radius 3 is 3.30 bits per heavy atom. The van der Waals surface area contributed by atoms with Gasteiger partial charge in [-0.3, -0.25) is 4.79 Å². The zero-order chi connectivity index (χ0) is 13.9. The lowest BCUT2D eigenvalue weighted by molar-refractivity contribution is -0.0445. The zero-order valence-electron chi connectivity index (χ0n) is 11.2. The molecule has 0 radical (unpaired) electrons. The number of hydrogen-bond donors (Lipinski definition) is 1. The van der Waals surface area contributed by atoms with Gasteiger partial charge in [-0.05, 0) is 25.3 Å². The number of hydrogen-bond acceptors (Lipinski definition) is 4. The zero-order valence-corrected chi connectivity index (χ0v) is 12.0. The lowest BCUT2D eigenvalue weighted by Gasteiger charge is -2.37. The smallest absolute Gasteiger partial charge is 0.255 e. The van der Waals surface area contributed by atoms with Gasteiger partial charge < -0.3 is 14.7 Å². The van der Waals surface area contributed by atoms with Crippen molar-refractivity contribution in [2.24, 2.45) is 0 Å². The molecule has 0 bridgehead atoms. The average molecular weight is 291 g/mol. The number of carbonyl (C=O) groups is 1.